The first kappa shape index (κ1) is 15.3. The minimum Gasteiger partial charge on any atom is -0.504 e. The Bertz CT molecular complexity index is 546. The molecule has 1 aromatic carbocycles. The van der Waals surface area contributed by atoms with Crippen LogP contribution in [0.25, 0.3) is 0 Å². The van der Waals surface area contributed by atoms with Crippen molar-refractivity contribution in [1.82, 2.24) is 5.43 Å². The molecule has 0 heterocycles. The van der Waals surface area contributed by atoms with Crippen molar-refractivity contribution in [2.24, 2.45) is 5.84 Å². The van der Waals surface area contributed by atoms with Crippen LogP contribution in [0.4, 0.5) is 5.69 Å². The first-order valence-corrected chi connectivity index (χ1v) is 5.22. The zero-order valence-corrected chi connectivity index (χ0v) is 9.99. The van der Waals surface area contributed by atoms with Gasteiger partial charge in [0.2, 0.25) is 5.75 Å². The average molecular weight is 287 g/mol. The molecule has 1 aromatic rings. The van der Waals surface area contributed by atoms with Gasteiger partial charge in [-0.05, 0) is 6.07 Å². The number of hydrogen-bond acceptors (Lipinski definition) is 8. The number of aliphatic carboxylic acids is 1. The second-order valence-electron chi connectivity index (χ2n) is 3.71. The number of carboxylic acids is 1. The van der Waals surface area contributed by atoms with Gasteiger partial charge in [0.15, 0.2) is 11.5 Å². The molecule has 0 saturated carbocycles. The summed E-state index contributed by atoms with van der Waals surface area (Å²) in [6, 6.07) is -0.614. The number of benzene rings is 1. The summed E-state index contributed by atoms with van der Waals surface area (Å²) in [4.78, 5) is 22.1. The summed E-state index contributed by atoms with van der Waals surface area (Å²) >= 11 is 0. The van der Waals surface area contributed by atoms with Crippen LogP contribution in [0.3, 0.4) is 0 Å². The van der Waals surface area contributed by atoms with Crippen molar-refractivity contribution in [2.75, 3.05) is 11.9 Å². The molecule has 0 bridgehead atoms. The summed E-state index contributed by atoms with van der Waals surface area (Å²) in [5.41, 5.74) is 0.833. The van der Waals surface area contributed by atoms with Crippen LogP contribution in [0.1, 0.15) is 10.4 Å². The standard InChI is InChI=1S/C10H13N3O7/c11-13-9(18)3-1-4(7(16)8(17)6(3)15)12-5(2-14)10(19)20/h1,5,12,14-17H,2,11H2,(H,13,18)(H,19,20). The molecule has 0 aliphatic carbocycles. The number of hydrazine groups is 1. The highest BCUT2D eigenvalue weighted by Gasteiger charge is 2.24. The number of amides is 1. The Morgan fingerprint density at radius 2 is 1.80 bits per heavy atom. The Morgan fingerprint density at radius 1 is 1.20 bits per heavy atom. The van der Waals surface area contributed by atoms with Crippen molar-refractivity contribution in [3.05, 3.63) is 11.6 Å². The molecule has 10 nitrogen and oxygen atoms in total. The van der Waals surface area contributed by atoms with E-state index in [2.05, 4.69) is 5.32 Å². The number of carbonyl (C=O) groups is 2. The maximum atomic E-state index is 11.4. The molecule has 0 aromatic heterocycles. The summed E-state index contributed by atoms with van der Waals surface area (Å²) < 4.78 is 0. The number of nitrogens with one attached hydrogen (secondary N) is 2. The van der Waals surface area contributed by atoms with E-state index in [4.69, 9.17) is 16.1 Å². The van der Waals surface area contributed by atoms with E-state index in [1.165, 1.54) is 0 Å². The highest BCUT2D eigenvalue weighted by molar-refractivity contribution is 5.99. The molecule has 20 heavy (non-hydrogen) atoms. The van der Waals surface area contributed by atoms with E-state index < -0.39 is 47.3 Å². The van der Waals surface area contributed by atoms with Gasteiger partial charge in [0, 0.05) is 0 Å². The number of rotatable bonds is 5. The number of carbonyl (C=O) groups excluding carboxylic acids is 1. The summed E-state index contributed by atoms with van der Waals surface area (Å²) in [6.45, 7) is -0.811. The number of phenols is 3. The Hall–Kier alpha value is -2.72. The third-order valence-electron chi connectivity index (χ3n) is 2.43. The lowest BCUT2D eigenvalue weighted by atomic mass is 10.1. The van der Waals surface area contributed by atoms with Gasteiger partial charge in [0.05, 0.1) is 17.9 Å². The van der Waals surface area contributed by atoms with Crippen molar-refractivity contribution in [2.45, 2.75) is 6.04 Å². The van der Waals surface area contributed by atoms with Crippen LogP contribution in [0.2, 0.25) is 0 Å². The van der Waals surface area contributed by atoms with Crippen LogP contribution >= 0.6 is 0 Å². The number of carboxylic acid groups (broad SMARTS) is 1. The molecule has 0 saturated heterocycles. The van der Waals surface area contributed by atoms with Crippen LogP contribution in [0, 0.1) is 0 Å². The van der Waals surface area contributed by atoms with E-state index in [1.54, 1.807) is 5.43 Å². The normalized spacial score (nSPS) is 11.7. The van der Waals surface area contributed by atoms with Crippen molar-refractivity contribution in [1.29, 1.82) is 0 Å². The highest BCUT2D eigenvalue weighted by Crippen LogP contribution is 2.43. The molecule has 1 atom stereocenters. The van der Waals surface area contributed by atoms with E-state index in [-0.39, 0.29) is 5.69 Å². The Morgan fingerprint density at radius 3 is 2.25 bits per heavy atom. The van der Waals surface area contributed by atoms with Crippen molar-refractivity contribution < 1.29 is 35.1 Å². The van der Waals surface area contributed by atoms with Crippen molar-refractivity contribution in [3.63, 3.8) is 0 Å². The predicted octanol–water partition coefficient (Wildman–Crippen LogP) is -1.74. The Balaban J connectivity index is 3.30. The van der Waals surface area contributed by atoms with Gasteiger partial charge in [-0.25, -0.2) is 10.6 Å². The van der Waals surface area contributed by atoms with E-state index >= 15 is 0 Å². The third-order valence-corrected chi connectivity index (χ3v) is 2.43. The zero-order valence-electron chi connectivity index (χ0n) is 9.99. The lowest BCUT2D eigenvalue weighted by Crippen LogP contribution is -2.33. The molecule has 9 N–H and O–H groups in total. The molecule has 0 radical (unpaired) electrons. The first-order valence-electron chi connectivity index (χ1n) is 5.22. The van der Waals surface area contributed by atoms with Gasteiger partial charge in [-0.1, -0.05) is 0 Å². The van der Waals surface area contributed by atoms with E-state index in [1.807, 2.05) is 0 Å². The second kappa shape index (κ2) is 5.95. The molecule has 1 unspecified atom stereocenters. The monoisotopic (exact) mass is 287 g/mol. The molecule has 10 heteroatoms. The summed E-state index contributed by atoms with van der Waals surface area (Å²) in [5.74, 6) is -0.359. The number of anilines is 1. The number of hydrogen-bond donors (Lipinski definition) is 8. The van der Waals surface area contributed by atoms with Gasteiger partial charge in [0.1, 0.15) is 6.04 Å². The van der Waals surface area contributed by atoms with Crippen molar-refractivity contribution >= 4 is 17.6 Å². The molecular weight excluding hydrogens is 274 g/mol. The lowest BCUT2D eigenvalue weighted by Gasteiger charge is -2.16. The average Bonchev–Trinajstić information content (AvgIpc) is 2.43. The number of nitrogen functional groups attached to an aromatic ring is 1. The number of phenolic OH excluding ortho intramolecular Hbond substituents is 3. The van der Waals surface area contributed by atoms with Crippen LogP contribution in [-0.4, -0.2) is 50.1 Å². The van der Waals surface area contributed by atoms with E-state index in [0.29, 0.717) is 0 Å². The Labute approximate surface area is 112 Å². The van der Waals surface area contributed by atoms with E-state index in [0.717, 1.165) is 6.07 Å². The van der Waals surface area contributed by atoms with Gasteiger partial charge in [0.25, 0.3) is 5.91 Å². The number of aliphatic hydroxyl groups is 1. The molecule has 0 spiro atoms. The fourth-order valence-electron chi connectivity index (χ4n) is 1.38. The van der Waals surface area contributed by atoms with Crippen LogP contribution < -0.4 is 16.6 Å². The quantitative estimate of drug-likeness (QED) is 0.102. The molecule has 0 aliphatic rings. The van der Waals surface area contributed by atoms with Gasteiger partial charge in [-0.3, -0.25) is 10.2 Å². The molecule has 1 rings (SSSR count). The van der Waals surface area contributed by atoms with Crippen LogP contribution in [0.5, 0.6) is 17.2 Å². The van der Waals surface area contributed by atoms with Crippen LogP contribution in [-0.2, 0) is 4.79 Å². The van der Waals surface area contributed by atoms with Gasteiger partial charge < -0.3 is 30.8 Å². The SMILES string of the molecule is NNC(=O)c1cc(NC(CO)C(=O)O)c(O)c(O)c1O. The van der Waals surface area contributed by atoms with Gasteiger partial charge in [-0.15, -0.1) is 0 Å². The second-order valence-corrected chi connectivity index (χ2v) is 3.71. The largest absolute Gasteiger partial charge is 0.504 e. The summed E-state index contributed by atoms with van der Waals surface area (Å²) in [6.07, 6.45) is 0. The lowest BCUT2D eigenvalue weighted by molar-refractivity contribution is -0.138. The van der Waals surface area contributed by atoms with E-state index in [9.17, 15) is 24.9 Å². The predicted molar refractivity (Wildman–Crippen MR) is 65.2 cm³/mol. The molecule has 0 fully saturated rings. The molecule has 1 amide bonds. The fraction of sp³-hybridized carbons (Fsp3) is 0.200. The summed E-state index contributed by atoms with van der Waals surface area (Å²) in [7, 11) is 0. The smallest absolute Gasteiger partial charge is 0.328 e. The van der Waals surface area contributed by atoms with Gasteiger partial charge in [-0.2, -0.15) is 0 Å². The first-order chi connectivity index (χ1) is 9.33. The topological polar surface area (TPSA) is 185 Å². The van der Waals surface area contributed by atoms with Crippen molar-refractivity contribution in [3.8, 4) is 17.2 Å². The number of aromatic hydroxyl groups is 3. The highest BCUT2D eigenvalue weighted by atomic mass is 16.4. The number of aliphatic hydroxyl groups excluding tert-OH is 1. The minimum atomic E-state index is -1.49. The van der Waals surface area contributed by atoms with Crippen LogP contribution in [0.15, 0.2) is 6.07 Å². The fourth-order valence-corrected chi connectivity index (χ4v) is 1.38. The number of nitrogens with two attached hydrogens (primary N) is 1. The summed E-state index contributed by atoms with van der Waals surface area (Å²) in [5, 5.41) is 48.3. The Kier molecular flexibility index (Phi) is 4.56. The molecule has 0 aliphatic heterocycles. The molecule has 110 valence electrons. The van der Waals surface area contributed by atoms with Gasteiger partial charge >= 0.3 is 5.97 Å². The molecular formula is C10H13N3O7. The maximum absolute atomic E-state index is 11.4. The zero-order chi connectivity index (χ0) is 15.4. The minimum absolute atomic E-state index is 0.375. The maximum Gasteiger partial charge on any atom is 0.328 e. The third kappa shape index (κ3) is 2.81.